The number of carbonyl (C=O) groups excluding carboxylic acids is 3. The fraction of sp³-hybridized carbons (Fsp3) is 0.500. The summed E-state index contributed by atoms with van der Waals surface area (Å²) in [5, 5.41) is 12.6. The molecule has 0 aliphatic carbocycles. The fourth-order valence-corrected chi connectivity index (χ4v) is 6.24. The van der Waals surface area contributed by atoms with Gasteiger partial charge in [-0.25, -0.2) is 18.0 Å². The number of nitrogens with one attached hydrogen (secondary N) is 1. The van der Waals surface area contributed by atoms with E-state index in [-0.39, 0.29) is 38.0 Å². The average molecular weight is 633 g/mol. The van der Waals surface area contributed by atoms with Gasteiger partial charge in [-0.05, 0) is 62.8 Å². The molecule has 1 unspecified atom stereocenters. The van der Waals surface area contributed by atoms with Crippen LogP contribution in [0, 0.1) is 17.5 Å². The minimum absolute atomic E-state index is 0.0398. The molecule has 2 aromatic carbocycles. The number of benzene rings is 2. The van der Waals surface area contributed by atoms with E-state index in [9.17, 15) is 37.5 Å². The summed E-state index contributed by atoms with van der Waals surface area (Å²) >= 11 is 0. The van der Waals surface area contributed by atoms with Crippen LogP contribution in [0.5, 0.6) is 0 Å². The first kappa shape index (κ1) is 33.9. The Bertz CT molecular complexity index is 1380. The summed E-state index contributed by atoms with van der Waals surface area (Å²) in [6, 6.07) is 6.51. The predicted octanol–water partition coefficient (Wildman–Crippen LogP) is 2.56. The Balaban J connectivity index is 1.40. The van der Waals surface area contributed by atoms with Crippen molar-refractivity contribution in [3.63, 3.8) is 0 Å². The van der Waals surface area contributed by atoms with Gasteiger partial charge in [0.05, 0.1) is 12.6 Å². The molecule has 13 heteroatoms. The smallest absolute Gasteiger partial charge is 0.326 e. The van der Waals surface area contributed by atoms with Crippen molar-refractivity contribution < 1.29 is 42.2 Å². The number of halogens is 3. The molecule has 4 rings (SSSR count). The number of rotatable bonds is 13. The molecule has 4 N–H and O–H groups in total. The number of ether oxygens (including phenoxy) is 1. The van der Waals surface area contributed by atoms with Gasteiger partial charge < -0.3 is 25.8 Å². The molecule has 2 aliphatic heterocycles. The van der Waals surface area contributed by atoms with Crippen molar-refractivity contribution >= 4 is 23.8 Å². The molecule has 2 heterocycles. The second-order valence-corrected chi connectivity index (χ2v) is 11.6. The van der Waals surface area contributed by atoms with Crippen LogP contribution in [0.25, 0.3) is 0 Å². The molecule has 2 amide bonds. The van der Waals surface area contributed by atoms with Crippen molar-refractivity contribution in [2.24, 2.45) is 5.73 Å². The molecular formula is C32H39F3N4O6. The van der Waals surface area contributed by atoms with Crippen molar-refractivity contribution in [2.75, 3.05) is 19.7 Å². The van der Waals surface area contributed by atoms with Gasteiger partial charge >= 0.3 is 11.9 Å². The van der Waals surface area contributed by atoms with Crippen LogP contribution in [0.3, 0.4) is 0 Å². The van der Waals surface area contributed by atoms with E-state index in [4.69, 9.17) is 10.5 Å². The Morgan fingerprint density at radius 2 is 1.78 bits per heavy atom. The summed E-state index contributed by atoms with van der Waals surface area (Å²) in [5.74, 6) is -6.19. The van der Waals surface area contributed by atoms with Gasteiger partial charge in [-0.2, -0.15) is 0 Å². The summed E-state index contributed by atoms with van der Waals surface area (Å²) < 4.78 is 46.1. The monoisotopic (exact) mass is 632 g/mol. The molecular weight excluding hydrogens is 593 g/mol. The standard InChI is InChI=1S/C32H39F3N4O6/c1-2-45-32(44)27(11-10-19-7-4-3-5-8-19)38-12-6-9-26(38)30(41)39-18-22(16-28(39)31(42)43)37-29(40)15-21(36)13-20-14-24(34)25(35)17-23(20)33/h3-5,7-8,14,17,21-22,26-28H,2,6,9-13,15-16,18,36H2,1H3,(H,37,40)(H,42,43)/t21-,22+,26-,27?,28+/m1/s1. The maximum atomic E-state index is 14.0. The van der Waals surface area contributed by atoms with Crippen LogP contribution in [-0.2, 0) is 36.8 Å². The number of hydrogen-bond acceptors (Lipinski definition) is 7. The minimum atomic E-state index is -1.33. The highest BCUT2D eigenvalue weighted by Gasteiger charge is 2.46. The highest BCUT2D eigenvalue weighted by molar-refractivity contribution is 5.89. The van der Waals surface area contributed by atoms with E-state index in [0.29, 0.717) is 44.4 Å². The van der Waals surface area contributed by atoms with Crippen LogP contribution in [0.4, 0.5) is 13.2 Å². The van der Waals surface area contributed by atoms with Crippen LogP contribution < -0.4 is 11.1 Å². The van der Waals surface area contributed by atoms with E-state index in [0.717, 1.165) is 5.56 Å². The zero-order valence-electron chi connectivity index (χ0n) is 25.1. The molecule has 2 aromatic rings. The largest absolute Gasteiger partial charge is 0.480 e. The molecule has 244 valence electrons. The molecule has 2 fully saturated rings. The minimum Gasteiger partial charge on any atom is -0.480 e. The number of carboxylic acid groups (broad SMARTS) is 1. The summed E-state index contributed by atoms with van der Waals surface area (Å²) in [7, 11) is 0. The molecule has 0 aromatic heterocycles. The van der Waals surface area contributed by atoms with Crippen LogP contribution in [0.2, 0.25) is 0 Å². The lowest BCUT2D eigenvalue weighted by molar-refractivity contribution is -0.155. The SMILES string of the molecule is CCOC(=O)C(CCc1ccccc1)N1CCC[C@@H]1C(=O)N1C[C@@H](NC(=O)C[C@H](N)Cc2cc(F)c(F)cc2F)C[C@H]1C(=O)O. The van der Waals surface area contributed by atoms with Gasteiger partial charge in [0.2, 0.25) is 11.8 Å². The van der Waals surface area contributed by atoms with E-state index in [2.05, 4.69) is 5.32 Å². The normalized spacial score (nSPS) is 21.4. The van der Waals surface area contributed by atoms with Crippen molar-refractivity contribution in [3.8, 4) is 0 Å². The summed E-state index contributed by atoms with van der Waals surface area (Å²) in [4.78, 5) is 54.9. The van der Waals surface area contributed by atoms with Gasteiger partial charge in [0.15, 0.2) is 11.6 Å². The topological polar surface area (TPSA) is 142 Å². The second kappa shape index (κ2) is 15.3. The van der Waals surface area contributed by atoms with Crippen molar-refractivity contribution in [2.45, 2.75) is 82.1 Å². The Kier molecular flexibility index (Phi) is 11.6. The van der Waals surface area contributed by atoms with E-state index >= 15 is 0 Å². The van der Waals surface area contributed by atoms with Crippen LogP contribution >= 0.6 is 0 Å². The van der Waals surface area contributed by atoms with E-state index < -0.39 is 71.4 Å². The fourth-order valence-electron chi connectivity index (χ4n) is 6.24. The summed E-state index contributed by atoms with van der Waals surface area (Å²) in [6.07, 6.45) is 1.52. The van der Waals surface area contributed by atoms with E-state index in [1.165, 1.54) is 4.90 Å². The number of hydrogen-bond donors (Lipinski definition) is 3. The van der Waals surface area contributed by atoms with Gasteiger partial charge in [0, 0.05) is 37.5 Å². The number of carbonyl (C=O) groups is 4. The molecule has 5 atom stereocenters. The Morgan fingerprint density at radius 3 is 2.47 bits per heavy atom. The molecule has 2 saturated heterocycles. The highest BCUT2D eigenvalue weighted by Crippen LogP contribution is 2.29. The number of carboxylic acids is 1. The van der Waals surface area contributed by atoms with Crippen molar-refractivity contribution in [1.29, 1.82) is 0 Å². The molecule has 0 radical (unpaired) electrons. The lowest BCUT2D eigenvalue weighted by Gasteiger charge is -2.34. The summed E-state index contributed by atoms with van der Waals surface area (Å²) in [6.45, 7) is 2.30. The lowest BCUT2D eigenvalue weighted by Crippen LogP contribution is -2.54. The lowest BCUT2D eigenvalue weighted by atomic mass is 10.0. The first-order chi connectivity index (χ1) is 21.5. The molecule has 0 spiro atoms. The third-order valence-electron chi connectivity index (χ3n) is 8.34. The third-order valence-corrected chi connectivity index (χ3v) is 8.34. The van der Waals surface area contributed by atoms with Crippen LogP contribution in [0.1, 0.15) is 50.2 Å². The van der Waals surface area contributed by atoms with E-state index in [1.807, 2.05) is 35.2 Å². The van der Waals surface area contributed by atoms with Gasteiger partial charge in [-0.1, -0.05) is 30.3 Å². The number of likely N-dealkylation sites (tertiary alicyclic amines) is 2. The average Bonchev–Trinajstić information content (AvgIpc) is 3.64. The van der Waals surface area contributed by atoms with Gasteiger partial charge in [-0.3, -0.25) is 19.3 Å². The number of nitrogens with two attached hydrogens (primary N) is 1. The quantitative estimate of drug-likeness (QED) is 0.226. The highest BCUT2D eigenvalue weighted by atomic mass is 19.2. The number of amides is 2. The van der Waals surface area contributed by atoms with Gasteiger partial charge in [0.25, 0.3) is 0 Å². The Hall–Kier alpha value is -3.97. The zero-order chi connectivity index (χ0) is 32.7. The second-order valence-electron chi connectivity index (χ2n) is 11.6. The molecule has 10 nitrogen and oxygen atoms in total. The molecule has 0 saturated carbocycles. The molecule has 45 heavy (non-hydrogen) atoms. The van der Waals surface area contributed by atoms with Crippen molar-refractivity contribution in [1.82, 2.24) is 15.1 Å². The maximum Gasteiger partial charge on any atom is 0.326 e. The molecule has 2 aliphatic rings. The van der Waals surface area contributed by atoms with Crippen LogP contribution in [-0.4, -0.2) is 88.6 Å². The van der Waals surface area contributed by atoms with Gasteiger partial charge in [-0.15, -0.1) is 0 Å². The number of aryl methyl sites for hydroxylation is 1. The first-order valence-electron chi connectivity index (χ1n) is 15.2. The number of aliphatic carboxylic acids is 1. The molecule has 0 bridgehead atoms. The Morgan fingerprint density at radius 1 is 1.07 bits per heavy atom. The predicted molar refractivity (Wildman–Crippen MR) is 157 cm³/mol. The summed E-state index contributed by atoms with van der Waals surface area (Å²) in [5.41, 5.74) is 6.84. The van der Waals surface area contributed by atoms with E-state index in [1.54, 1.807) is 6.92 Å². The maximum absolute atomic E-state index is 14.0. The van der Waals surface area contributed by atoms with Gasteiger partial charge in [0.1, 0.15) is 17.9 Å². The number of esters is 1. The Labute approximate surface area is 259 Å². The van der Waals surface area contributed by atoms with Crippen LogP contribution in [0.15, 0.2) is 42.5 Å². The number of nitrogens with zero attached hydrogens (tertiary/aromatic N) is 2. The first-order valence-corrected chi connectivity index (χ1v) is 15.2. The zero-order valence-corrected chi connectivity index (χ0v) is 25.1. The van der Waals surface area contributed by atoms with Crippen molar-refractivity contribution in [3.05, 3.63) is 71.0 Å². The third kappa shape index (κ3) is 8.60.